The van der Waals surface area contributed by atoms with Crippen LogP contribution in [0.3, 0.4) is 0 Å². The molecule has 1 saturated heterocycles. The minimum atomic E-state index is -0.293. The van der Waals surface area contributed by atoms with E-state index in [4.69, 9.17) is 28.9 Å². The quantitative estimate of drug-likeness (QED) is 0.413. The number of nitrogens with one attached hydrogen (secondary N) is 1. The number of rotatable bonds is 4. The van der Waals surface area contributed by atoms with Crippen LogP contribution in [-0.4, -0.2) is 55.4 Å². The molecular formula is C22H29Cl2N5O. The van der Waals surface area contributed by atoms with Crippen molar-refractivity contribution in [1.29, 1.82) is 0 Å². The first-order valence-electron chi connectivity index (χ1n) is 9.86. The summed E-state index contributed by atoms with van der Waals surface area (Å²) in [5, 5.41) is 3.77. The summed E-state index contributed by atoms with van der Waals surface area (Å²) in [6.07, 6.45) is 4.71. The maximum atomic E-state index is 12.7. The Morgan fingerprint density at radius 2 is 2.03 bits per heavy atom. The molecule has 6 nitrogen and oxygen atoms in total. The summed E-state index contributed by atoms with van der Waals surface area (Å²) in [6, 6.07) is 3.48. The van der Waals surface area contributed by atoms with E-state index in [1.165, 1.54) is 6.34 Å². The summed E-state index contributed by atoms with van der Waals surface area (Å²) in [5.74, 6) is 5.94. The summed E-state index contributed by atoms with van der Waals surface area (Å²) in [6.45, 7) is 5.70. The average Bonchev–Trinajstić information content (AvgIpc) is 2.73. The van der Waals surface area contributed by atoms with E-state index in [0.717, 1.165) is 37.1 Å². The molecule has 1 aliphatic rings. The summed E-state index contributed by atoms with van der Waals surface area (Å²) < 4.78 is 0. The van der Waals surface area contributed by atoms with Gasteiger partial charge in [-0.3, -0.25) is 0 Å². The van der Waals surface area contributed by atoms with Gasteiger partial charge in [-0.1, -0.05) is 41.1 Å². The number of likely N-dealkylation sites (tertiary alicyclic amines) is 1. The van der Waals surface area contributed by atoms with Crippen molar-refractivity contribution in [1.82, 2.24) is 15.1 Å². The lowest BCUT2D eigenvalue weighted by Gasteiger charge is -2.35. The number of halogens is 2. The lowest BCUT2D eigenvalue weighted by molar-refractivity contribution is 0.146. The van der Waals surface area contributed by atoms with E-state index >= 15 is 0 Å². The fourth-order valence-corrected chi connectivity index (χ4v) is 3.81. The van der Waals surface area contributed by atoms with Crippen molar-refractivity contribution in [3.63, 3.8) is 0 Å². The van der Waals surface area contributed by atoms with Gasteiger partial charge in [0.05, 0.1) is 22.4 Å². The Kier molecular flexibility index (Phi) is 9.04. The highest BCUT2D eigenvalue weighted by molar-refractivity contribution is 6.43. The van der Waals surface area contributed by atoms with Crippen LogP contribution in [0.25, 0.3) is 0 Å². The number of piperidine rings is 1. The summed E-state index contributed by atoms with van der Waals surface area (Å²) >= 11 is 12.9. The Bertz CT molecular complexity index is 879. The zero-order valence-electron chi connectivity index (χ0n) is 17.9. The maximum Gasteiger partial charge on any atom is 0.317 e. The van der Waals surface area contributed by atoms with Crippen LogP contribution in [-0.2, 0) is 0 Å². The smallest absolute Gasteiger partial charge is 0.317 e. The molecule has 1 heterocycles. The molecule has 0 radical (unpaired) electrons. The monoisotopic (exact) mass is 449 g/mol. The van der Waals surface area contributed by atoms with Crippen molar-refractivity contribution in [2.75, 3.05) is 27.2 Å². The van der Waals surface area contributed by atoms with Gasteiger partial charge in [0.15, 0.2) is 0 Å². The molecule has 2 amide bonds. The Morgan fingerprint density at radius 3 is 2.67 bits per heavy atom. The van der Waals surface area contributed by atoms with E-state index in [1.807, 2.05) is 27.0 Å². The highest BCUT2D eigenvalue weighted by atomic mass is 35.5. The van der Waals surface area contributed by atoms with Gasteiger partial charge in [0.2, 0.25) is 0 Å². The number of benzene rings is 1. The topological polar surface area (TPSA) is 74.0 Å². The van der Waals surface area contributed by atoms with Crippen LogP contribution in [0.2, 0.25) is 10.0 Å². The van der Waals surface area contributed by atoms with Gasteiger partial charge >= 0.3 is 6.03 Å². The number of hydrogen-bond acceptors (Lipinski definition) is 3. The first-order valence-corrected chi connectivity index (χ1v) is 10.6. The van der Waals surface area contributed by atoms with Crippen LogP contribution >= 0.6 is 23.2 Å². The molecule has 1 aromatic carbocycles. The van der Waals surface area contributed by atoms with Crippen LogP contribution in [0.1, 0.15) is 43.9 Å². The third-order valence-electron chi connectivity index (χ3n) is 5.22. The van der Waals surface area contributed by atoms with Crippen LogP contribution in [0.15, 0.2) is 28.9 Å². The first kappa shape index (κ1) is 24.1. The number of carbonyl (C=O) groups excluding carboxylic acids is 1. The van der Waals surface area contributed by atoms with Crippen LogP contribution in [0.5, 0.6) is 0 Å². The van der Waals surface area contributed by atoms with Gasteiger partial charge in [-0.05, 0) is 58.5 Å². The molecule has 1 aromatic rings. The van der Waals surface area contributed by atoms with Crippen LogP contribution in [0.4, 0.5) is 4.79 Å². The molecule has 0 aliphatic carbocycles. The van der Waals surface area contributed by atoms with Crippen molar-refractivity contribution >= 4 is 35.6 Å². The summed E-state index contributed by atoms with van der Waals surface area (Å²) in [4.78, 5) is 20.6. The largest absolute Gasteiger partial charge is 0.390 e. The van der Waals surface area contributed by atoms with Gasteiger partial charge in [-0.2, -0.15) is 0 Å². The van der Waals surface area contributed by atoms with E-state index in [9.17, 15) is 4.79 Å². The number of aliphatic imine (C=N–C) groups is 1. The lowest BCUT2D eigenvalue weighted by Crippen LogP contribution is -2.48. The molecule has 162 valence electrons. The fourth-order valence-electron chi connectivity index (χ4n) is 3.26. The van der Waals surface area contributed by atoms with E-state index in [0.29, 0.717) is 15.6 Å². The fraction of sp³-hybridized carbons (Fsp3) is 0.455. The second-order valence-electron chi connectivity index (χ2n) is 7.51. The van der Waals surface area contributed by atoms with Crippen molar-refractivity contribution < 1.29 is 4.79 Å². The number of amides is 2. The molecule has 0 aromatic heterocycles. The molecule has 3 N–H and O–H groups in total. The summed E-state index contributed by atoms with van der Waals surface area (Å²) in [7, 11) is 3.94. The summed E-state index contributed by atoms with van der Waals surface area (Å²) in [5.41, 5.74) is 7.31. The van der Waals surface area contributed by atoms with Crippen molar-refractivity contribution in [2.45, 2.75) is 38.8 Å². The van der Waals surface area contributed by atoms with Gasteiger partial charge < -0.3 is 20.9 Å². The molecule has 1 atom stereocenters. The van der Waals surface area contributed by atoms with E-state index < -0.39 is 0 Å². The minimum Gasteiger partial charge on any atom is -0.390 e. The first-order chi connectivity index (χ1) is 14.2. The Hall–Kier alpha value is -2.20. The predicted molar refractivity (Wildman–Crippen MR) is 125 cm³/mol. The molecule has 1 fully saturated rings. The number of nitrogens with two attached hydrogens (primary N) is 1. The lowest BCUT2D eigenvalue weighted by atomic mass is 10.0. The molecule has 0 saturated carbocycles. The molecule has 2 rings (SSSR count). The molecular weight excluding hydrogens is 421 g/mol. The maximum absolute atomic E-state index is 12.7. The van der Waals surface area contributed by atoms with Crippen LogP contribution in [0, 0.1) is 11.8 Å². The van der Waals surface area contributed by atoms with Crippen molar-refractivity contribution in [3.05, 3.63) is 45.1 Å². The zero-order chi connectivity index (χ0) is 22.3. The highest BCUT2D eigenvalue weighted by Gasteiger charge is 2.25. The molecule has 1 unspecified atom stereocenters. The molecule has 30 heavy (non-hydrogen) atoms. The zero-order valence-corrected chi connectivity index (χ0v) is 19.4. The third kappa shape index (κ3) is 6.40. The van der Waals surface area contributed by atoms with Gasteiger partial charge in [0.25, 0.3) is 0 Å². The van der Waals surface area contributed by atoms with Crippen molar-refractivity contribution in [2.24, 2.45) is 10.7 Å². The highest BCUT2D eigenvalue weighted by Crippen LogP contribution is 2.33. The normalized spacial score (nSPS) is 16.8. The second-order valence-corrected chi connectivity index (χ2v) is 8.26. The Morgan fingerprint density at radius 1 is 1.37 bits per heavy atom. The SMILES string of the molecule is C/C(C#Cc1ccc(C(C)NC(=O)N(C)C2CCN(C)CC2)c(Cl)c1Cl)=C\N=C/N. The number of hydrogen-bond donors (Lipinski definition) is 2. The molecule has 1 aliphatic heterocycles. The standard InChI is InChI=1S/C22H29Cl2N5O/c1-15(13-26-14-25)5-6-17-7-8-19(21(24)20(17)23)16(2)27-22(30)29(4)18-9-11-28(3)12-10-18/h7-8,13-14,16,18H,9-12H2,1-4H3,(H2,25,26)(H,27,30)/b15-13+. The van der Waals surface area contributed by atoms with Crippen LogP contribution < -0.4 is 11.1 Å². The average molecular weight is 450 g/mol. The van der Waals surface area contributed by atoms with Gasteiger partial charge in [0, 0.05) is 30.4 Å². The molecule has 8 heteroatoms. The number of carbonyl (C=O) groups is 1. The van der Waals surface area contributed by atoms with Gasteiger partial charge in [-0.25, -0.2) is 9.79 Å². The Labute approximate surface area is 189 Å². The van der Waals surface area contributed by atoms with Gasteiger partial charge in [0.1, 0.15) is 0 Å². The minimum absolute atomic E-state index is 0.116. The second kappa shape index (κ2) is 11.3. The number of urea groups is 1. The third-order valence-corrected chi connectivity index (χ3v) is 6.12. The number of nitrogens with zero attached hydrogens (tertiary/aromatic N) is 3. The molecule has 0 spiro atoms. The predicted octanol–water partition coefficient (Wildman–Crippen LogP) is 4.03. The van der Waals surface area contributed by atoms with E-state index in [-0.39, 0.29) is 18.1 Å². The Balaban J connectivity index is 2.09. The van der Waals surface area contributed by atoms with Crippen molar-refractivity contribution in [3.8, 4) is 11.8 Å². The van der Waals surface area contributed by atoms with E-state index in [2.05, 4.69) is 34.1 Å². The molecule has 0 bridgehead atoms. The van der Waals surface area contributed by atoms with E-state index in [1.54, 1.807) is 17.2 Å². The number of allylic oxidation sites excluding steroid dienone is 1. The van der Waals surface area contributed by atoms with Gasteiger partial charge in [-0.15, -0.1) is 0 Å².